The fourth-order valence-electron chi connectivity index (χ4n) is 3.34. The number of ether oxygens (including phenoxy) is 2. The lowest BCUT2D eigenvalue weighted by atomic mass is 9.92. The zero-order chi connectivity index (χ0) is 18.9. The van der Waals surface area contributed by atoms with E-state index < -0.39 is 5.82 Å². The number of benzene rings is 1. The van der Waals surface area contributed by atoms with Crippen LogP contribution in [0.15, 0.2) is 22.7 Å². The normalized spacial score (nSPS) is 16.5. The van der Waals surface area contributed by atoms with Crippen molar-refractivity contribution in [1.29, 1.82) is 0 Å². The average Bonchev–Trinajstić information content (AvgIpc) is 2.65. The smallest absolute Gasteiger partial charge is 0.257 e. The van der Waals surface area contributed by atoms with Crippen molar-refractivity contribution >= 4 is 21.8 Å². The topological polar surface area (TPSA) is 50.8 Å². The molecule has 1 amide bonds. The highest BCUT2D eigenvalue weighted by Crippen LogP contribution is 2.22. The predicted molar refractivity (Wildman–Crippen MR) is 103 cm³/mol. The molecule has 0 spiro atoms. The summed E-state index contributed by atoms with van der Waals surface area (Å²) in [6.45, 7) is 7.97. The van der Waals surface area contributed by atoms with Gasteiger partial charge in [0.1, 0.15) is 0 Å². The number of rotatable bonds is 9. The van der Waals surface area contributed by atoms with Crippen LogP contribution in [0.3, 0.4) is 0 Å². The van der Waals surface area contributed by atoms with E-state index in [2.05, 4.69) is 40.0 Å². The van der Waals surface area contributed by atoms with Crippen LogP contribution in [0.25, 0.3) is 0 Å². The zero-order valence-electron chi connectivity index (χ0n) is 15.5. The van der Waals surface area contributed by atoms with Gasteiger partial charge in [-0.15, -0.1) is 0 Å². The first-order valence-corrected chi connectivity index (χ1v) is 10.0. The van der Waals surface area contributed by atoms with E-state index in [4.69, 9.17) is 9.47 Å². The van der Waals surface area contributed by atoms with Crippen LogP contribution in [0.2, 0.25) is 0 Å². The second-order valence-corrected chi connectivity index (χ2v) is 7.38. The third-order valence-corrected chi connectivity index (χ3v) is 5.36. The largest absolute Gasteiger partial charge is 0.481 e. The SMILES string of the molecule is CCC(CC)C(CNC(=O)COc1ccc(Br)cc1F)N1CCOCC1. The molecule has 1 heterocycles. The monoisotopic (exact) mass is 430 g/mol. The molecule has 146 valence electrons. The fraction of sp³-hybridized carbons (Fsp3) is 0.632. The summed E-state index contributed by atoms with van der Waals surface area (Å²) in [7, 11) is 0. The van der Waals surface area contributed by atoms with Crippen LogP contribution in [-0.4, -0.2) is 56.3 Å². The second kappa shape index (κ2) is 10.8. The molecule has 26 heavy (non-hydrogen) atoms. The highest BCUT2D eigenvalue weighted by Gasteiger charge is 2.27. The van der Waals surface area contributed by atoms with E-state index in [-0.39, 0.29) is 24.3 Å². The number of hydrogen-bond acceptors (Lipinski definition) is 4. The maximum Gasteiger partial charge on any atom is 0.257 e. The molecule has 1 aliphatic rings. The van der Waals surface area contributed by atoms with Crippen LogP contribution in [0.4, 0.5) is 4.39 Å². The molecule has 0 radical (unpaired) electrons. The first-order valence-electron chi connectivity index (χ1n) is 9.21. The summed E-state index contributed by atoms with van der Waals surface area (Å²) in [4.78, 5) is 14.6. The number of morpholine rings is 1. The Morgan fingerprint density at radius 2 is 2.04 bits per heavy atom. The van der Waals surface area contributed by atoms with Gasteiger partial charge >= 0.3 is 0 Å². The van der Waals surface area contributed by atoms with Crippen molar-refractivity contribution in [3.05, 3.63) is 28.5 Å². The van der Waals surface area contributed by atoms with E-state index in [1.54, 1.807) is 6.07 Å². The lowest BCUT2D eigenvalue weighted by Gasteiger charge is -2.38. The van der Waals surface area contributed by atoms with Crippen LogP contribution >= 0.6 is 15.9 Å². The minimum Gasteiger partial charge on any atom is -0.481 e. The maximum absolute atomic E-state index is 13.8. The number of halogens is 2. The van der Waals surface area contributed by atoms with Gasteiger partial charge in [0.2, 0.25) is 0 Å². The van der Waals surface area contributed by atoms with Gasteiger partial charge in [-0.1, -0.05) is 42.6 Å². The Balaban J connectivity index is 1.87. The van der Waals surface area contributed by atoms with E-state index in [9.17, 15) is 9.18 Å². The van der Waals surface area contributed by atoms with E-state index in [1.807, 2.05) is 0 Å². The van der Waals surface area contributed by atoms with Crippen LogP contribution in [-0.2, 0) is 9.53 Å². The van der Waals surface area contributed by atoms with Crippen LogP contribution in [0, 0.1) is 11.7 Å². The number of amides is 1. The standard InChI is InChI=1S/C19H28BrFN2O3/c1-3-14(4-2)17(23-7-9-25-10-8-23)12-22-19(24)13-26-18-6-5-15(20)11-16(18)21/h5-6,11,14,17H,3-4,7-10,12-13H2,1-2H3,(H,22,24). The summed E-state index contributed by atoms with van der Waals surface area (Å²) >= 11 is 3.19. The van der Waals surface area contributed by atoms with E-state index >= 15 is 0 Å². The molecule has 0 aromatic heterocycles. The molecule has 0 aliphatic carbocycles. The van der Waals surface area contributed by atoms with Gasteiger partial charge in [-0.3, -0.25) is 9.69 Å². The second-order valence-electron chi connectivity index (χ2n) is 6.46. The molecule has 1 atom stereocenters. The summed E-state index contributed by atoms with van der Waals surface area (Å²) in [5, 5.41) is 2.95. The molecule has 1 unspecified atom stereocenters. The Morgan fingerprint density at radius 1 is 1.35 bits per heavy atom. The summed E-state index contributed by atoms with van der Waals surface area (Å²) < 4.78 is 25.1. The van der Waals surface area contributed by atoms with Gasteiger partial charge in [-0.05, 0) is 24.1 Å². The van der Waals surface area contributed by atoms with E-state index in [1.165, 1.54) is 12.1 Å². The van der Waals surface area contributed by atoms with Crippen LogP contribution in [0.1, 0.15) is 26.7 Å². The highest BCUT2D eigenvalue weighted by atomic mass is 79.9. The van der Waals surface area contributed by atoms with Gasteiger partial charge in [0.15, 0.2) is 18.2 Å². The molecular formula is C19H28BrFN2O3. The lowest BCUT2D eigenvalue weighted by Crippen LogP contribution is -2.52. The first kappa shape index (κ1) is 21.1. The summed E-state index contributed by atoms with van der Waals surface area (Å²) in [5.74, 6) is -0.141. The maximum atomic E-state index is 13.8. The van der Waals surface area contributed by atoms with Gasteiger partial charge in [0, 0.05) is 30.1 Å². The lowest BCUT2D eigenvalue weighted by molar-refractivity contribution is -0.123. The molecule has 1 saturated heterocycles. The van der Waals surface area contributed by atoms with E-state index in [0.717, 1.165) is 39.1 Å². The minimum atomic E-state index is -0.490. The van der Waals surface area contributed by atoms with Crippen molar-refractivity contribution < 1.29 is 18.7 Å². The number of hydrogen-bond donors (Lipinski definition) is 1. The van der Waals surface area contributed by atoms with Gasteiger partial charge < -0.3 is 14.8 Å². The third-order valence-electron chi connectivity index (χ3n) is 4.87. The Bertz CT molecular complexity index is 578. The molecule has 1 aromatic carbocycles. The zero-order valence-corrected chi connectivity index (χ0v) is 17.1. The minimum absolute atomic E-state index is 0.0769. The van der Waals surface area contributed by atoms with Crippen LogP contribution < -0.4 is 10.1 Å². The average molecular weight is 431 g/mol. The van der Waals surface area contributed by atoms with Crippen molar-refractivity contribution in [3.63, 3.8) is 0 Å². The van der Waals surface area contributed by atoms with Gasteiger partial charge in [-0.2, -0.15) is 0 Å². The van der Waals surface area contributed by atoms with Crippen LogP contribution in [0.5, 0.6) is 5.75 Å². The Morgan fingerprint density at radius 3 is 2.65 bits per heavy atom. The molecule has 0 bridgehead atoms. The number of carbonyl (C=O) groups is 1. The fourth-order valence-corrected chi connectivity index (χ4v) is 3.67. The first-order chi connectivity index (χ1) is 12.5. The predicted octanol–water partition coefficient (Wildman–Crippen LogP) is 3.22. The van der Waals surface area contributed by atoms with Crippen molar-refractivity contribution in [2.45, 2.75) is 32.7 Å². The van der Waals surface area contributed by atoms with Gasteiger partial charge in [-0.25, -0.2) is 4.39 Å². The summed E-state index contributed by atoms with van der Waals surface area (Å²) in [6, 6.07) is 4.78. The number of nitrogens with zero attached hydrogens (tertiary/aromatic N) is 1. The molecular weight excluding hydrogens is 403 g/mol. The summed E-state index contributed by atoms with van der Waals surface area (Å²) in [5.41, 5.74) is 0. The number of nitrogens with one attached hydrogen (secondary N) is 1. The molecule has 0 saturated carbocycles. The van der Waals surface area contributed by atoms with Crippen molar-refractivity contribution in [1.82, 2.24) is 10.2 Å². The van der Waals surface area contributed by atoms with Crippen molar-refractivity contribution in [2.75, 3.05) is 39.5 Å². The Kier molecular flexibility index (Phi) is 8.81. The third kappa shape index (κ3) is 6.21. The van der Waals surface area contributed by atoms with Gasteiger partial charge in [0.25, 0.3) is 5.91 Å². The quantitative estimate of drug-likeness (QED) is 0.653. The Hall–Kier alpha value is -1.18. The summed E-state index contributed by atoms with van der Waals surface area (Å²) in [6.07, 6.45) is 2.13. The highest BCUT2D eigenvalue weighted by molar-refractivity contribution is 9.10. The van der Waals surface area contributed by atoms with Gasteiger partial charge in [0.05, 0.1) is 13.2 Å². The Labute approximate surface area is 163 Å². The molecule has 2 rings (SSSR count). The molecule has 1 aliphatic heterocycles. The molecule has 1 fully saturated rings. The molecule has 1 aromatic rings. The molecule has 1 N–H and O–H groups in total. The van der Waals surface area contributed by atoms with E-state index in [0.29, 0.717) is 16.9 Å². The molecule has 5 nitrogen and oxygen atoms in total. The van der Waals surface area contributed by atoms with Crippen molar-refractivity contribution in [2.24, 2.45) is 5.92 Å². The van der Waals surface area contributed by atoms with Crippen molar-refractivity contribution in [3.8, 4) is 5.75 Å². The number of carbonyl (C=O) groups excluding carboxylic acids is 1. The molecule has 7 heteroatoms.